The Balaban J connectivity index is 2.16. The summed E-state index contributed by atoms with van der Waals surface area (Å²) in [7, 11) is 0. The van der Waals surface area contributed by atoms with E-state index in [4.69, 9.17) is 9.26 Å². The molecular weight excluding hydrogens is 160 g/mol. The molecule has 0 N–H and O–H groups in total. The molecule has 1 atom stereocenters. The van der Waals surface area contributed by atoms with E-state index < -0.39 is 0 Å². The van der Waals surface area contributed by atoms with Crippen LogP contribution in [0.25, 0.3) is 0 Å². The second-order valence-corrected chi connectivity index (χ2v) is 2.67. The third-order valence-electron chi connectivity index (χ3n) is 1.84. The van der Waals surface area contributed by atoms with Gasteiger partial charge in [-0.2, -0.15) is 4.98 Å². The van der Waals surface area contributed by atoms with Gasteiger partial charge in [0, 0.05) is 6.61 Å². The van der Waals surface area contributed by atoms with Gasteiger partial charge in [-0.25, -0.2) is 0 Å². The number of aromatic nitrogens is 2. The lowest BCUT2D eigenvalue weighted by molar-refractivity contribution is 0.111. The van der Waals surface area contributed by atoms with Crippen LogP contribution in [0.3, 0.4) is 0 Å². The molecule has 1 unspecified atom stereocenters. The summed E-state index contributed by atoms with van der Waals surface area (Å²) in [5.74, 6) is 0.790. The fourth-order valence-electron chi connectivity index (χ4n) is 1.19. The molecule has 0 spiro atoms. The summed E-state index contributed by atoms with van der Waals surface area (Å²) in [6.07, 6.45) is 1.46. The quantitative estimate of drug-likeness (QED) is 0.597. The van der Waals surface area contributed by atoms with Crippen LogP contribution in [0.15, 0.2) is 4.52 Å². The first-order valence-corrected chi connectivity index (χ1v) is 3.76. The predicted molar refractivity (Wildman–Crippen MR) is 37.9 cm³/mol. The van der Waals surface area contributed by atoms with Crippen molar-refractivity contribution >= 4 is 6.29 Å². The number of ether oxygens (including phenoxy) is 1. The van der Waals surface area contributed by atoms with E-state index in [9.17, 15) is 4.79 Å². The molecule has 0 amide bonds. The average Bonchev–Trinajstić information content (AvgIpc) is 2.75. The average molecular weight is 168 g/mol. The minimum absolute atomic E-state index is 0.108. The summed E-state index contributed by atoms with van der Waals surface area (Å²) >= 11 is 0. The summed E-state index contributed by atoms with van der Waals surface area (Å²) in [5.41, 5.74) is 0. The molecule has 1 fully saturated rings. The smallest absolute Gasteiger partial charge is 0.235 e. The second-order valence-electron chi connectivity index (χ2n) is 2.67. The SMILES string of the molecule is O=Cc1noc(C2CCOC2)n1. The van der Waals surface area contributed by atoms with Crippen LogP contribution >= 0.6 is 0 Å². The third-order valence-corrected chi connectivity index (χ3v) is 1.84. The van der Waals surface area contributed by atoms with Gasteiger partial charge in [-0.05, 0) is 6.42 Å². The van der Waals surface area contributed by atoms with E-state index >= 15 is 0 Å². The van der Waals surface area contributed by atoms with Crippen molar-refractivity contribution in [3.63, 3.8) is 0 Å². The predicted octanol–water partition coefficient (Wildman–Crippen LogP) is 0.386. The summed E-state index contributed by atoms with van der Waals surface area (Å²) in [6.45, 7) is 1.34. The van der Waals surface area contributed by atoms with E-state index in [1.807, 2.05) is 0 Å². The molecule has 2 rings (SSSR count). The van der Waals surface area contributed by atoms with Crippen LogP contribution in [-0.4, -0.2) is 29.6 Å². The van der Waals surface area contributed by atoms with Crippen LogP contribution in [0.2, 0.25) is 0 Å². The first kappa shape index (κ1) is 7.42. The molecule has 1 aromatic heterocycles. The van der Waals surface area contributed by atoms with Crippen molar-refractivity contribution in [2.75, 3.05) is 13.2 Å². The number of hydrogen-bond acceptors (Lipinski definition) is 5. The van der Waals surface area contributed by atoms with Crippen molar-refractivity contribution in [2.45, 2.75) is 12.3 Å². The second kappa shape index (κ2) is 3.02. The molecule has 1 saturated heterocycles. The molecule has 1 aliphatic rings. The number of carbonyl (C=O) groups is 1. The maximum absolute atomic E-state index is 10.2. The van der Waals surface area contributed by atoms with Crippen molar-refractivity contribution in [3.8, 4) is 0 Å². The van der Waals surface area contributed by atoms with Gasteiger partial charge in [-0.15, -0.1) is 0 Å². The Labute approximate surface area is 68.7 Å². The van der Waals surface area contributed by atoms with Crippen LogP contribution in [0.1, 0.15) is 28.8 Å². The van der Waals surface area contributed by atoms with Crippen molar-refractivity contribution in [1.29, 1.82) is 0 Å². The van der Waals surface area contributed by atoms with Gasteiger partial charge in [0.1, 0.15) is 0 Å². The number of carbonyl (C=O) groups excluding carboxylic acids is 1. The van der Waals surface area contributed by atoms with Gasteiger partial charge in [-0.3, -0.25) is 4.79 Å². The first-order chi connectivity index (χ1) is 5.90. The fourth-order valence-corrected chi connectivity index (χ4v) is 1.19. The normalized spacial score (nSPS) is 22.8. The summed E-state index contributed by atoms with van der Waals surface area (Å²) in [5, 5.41) is 3.47. The highest BCUT2D eigenvalue weighted by Gasteiger charge is 2.23. The van der Waals surface area contributed by atoms with Gasteiger partial charge >= 0.3 is 0 Å². The van der Waals surface area contributed by atoms with E-state index in [2.05, 4.69) is 10.1 Å². The number of rotatable bonds is 2. The summed E-state index contributed by atoms with van der Waals surface area (Å²) < 4.78 is 10.0. The Morgan fingerprint density at radius 1 is 1.58 bits per heavy atom. The molecule has 0 radical (unpaired) electrons. The van der Waals surface area contributed by atoms with E-state index in [1.54, 1.807) is 0 Å². The first-order valence-electron chi connectivity index (χ1n) is 3.76. The van der Waals surface area contributed by atoms with Gasteiger partial charge in [0.05, 0.1) is 12.5 Å². The van der Waals surface area contributed by atoms with Crippen molar-refractivity contribution in [2.24, 2.45) is 0 Å². The van der Waals surface area contributed by atoms with Gasteiger partial charge in [-0.1, -0.05) is 5.16 Å². The van der Waals surface area contributed by atoms with Gasteiger partial charge in [0.15, 0.2) is 6.29 Å². The number of aldehydes is 1. The van der Waals surface area contributed by atoms with E-state index in [0.29, 0.717) is 18.8 Å². The minimum atomic E-state index is 0.108. The van der Waals surface area contributed by atoms with Crippen LogP contribution in [0.4, 0.5) is 0 Å². The number of nitrogens with zero attached hydrogens (tertiary/aromatic N) is 2. The summed E-state index contributed by atoms with van der Waals surface area (Å²) in [4.78, 5) is 14.1. The molecule has 0 aliphatic carbocycles. The number of hydrogen-bond donors (Lipinski definition) is 0. The Bertz CT molecular complexity index is 278. The Morgan fingerprint density at radius 2 is 2.50 bits per heavy atom. The zero-order valence-corrected chi connectivity index (χ0v) is 6.40. The Morgan fingerprint density at radius 3 is 3.08 bits per heavy atom. The van der Waals surface area contributed by atoms with Crippen LogP contribution < -0.4 is 0 Å². The topological polar surface area (TPSA) is 65.2 Å². The zero-order valence-electron chi connectivity index (χ0n) is 6.40. The highest BCUT2D eigenvalue weighted by molar-refractivity contribution is 5.68. The lowest BCUT2D eigenvalue weighted by Crippen LogP contribution is -1.97. The monoisotopic (exact) mass is 168 g/mol. The molecule has 5 nitrogen and oxygen atoms in total. The molecule has 1 aliphatic heterocycles. The maximum Gasteiger partial charge on any atom is 0.235 e. The lowest BCUT2D eigenvalue weighted by Gasteiger charge is -1.96. The summed E-state index contributed by atoms with van der Waals surface area (Å²) in [6, 6.07) is 0. The van der Waals surface area contributed by atoms with Crippen molar-refractivity contribution < 1.29 is 14.1 Å². The van der Waals surface area contributed by atoms with E-state index in [1.165, 1.54) is 0 Å². The highest BCUT2D eigenvalue weighted by Crippen LogP contribution is 2.22. The van der Waals surface area contributed by atoms with Gasteiger partial charge in [0.25, 0.3) is 0 Å². The molecule has 1 aromatic rings. The van der Waals surface area contributed by atoms with E-state index in [-0.39, 0.29) is 11.7 Å². The molecule has 2 heterocycles. The minimum Gasteiger partial charge on any atom is -0.381 e. The van der Waals surface area contributed by atoms with Gasteiger partial charge < -0.3 is 9.26 Å². The third kappa shape index (κ3) is 1.23. The maximum atomic E-state index is 10.2. The molecule has 64 valence electrons. The van der Waals surface area contributed by atoms with Gasteiger partial charge in [0.2, 0.25) is 11.7 Å². The van der Waals surface area contributed by atoms with Crippen molar-refractivity contribution in [3.05, 3.63) is 11.7 Å². The lowest BCUT2D eigenvalue weighted by atomic mass is 10.1. The highest BCUT2D eigenvalue weighted by atomic mass is 16.5. The standard InChI is InChI=1S/C7H8N2O3/c10-3-6-8-7(12-9-6)5-1-2-11-4-5/h3,5H,1-2,4H2. The molecule has 0 aromatic carbocycles. The molecule has 0 bridgehead atoms. The Kier molecular flexibility index (Phi) is 1.87. The van der Waals surface area contributed by atoms with Crippen LogP contribution in [0.5, 0.6) is 0 Å². The molecule has 5 heteroatoms. The largest absolute Gasteiger partial charge is 0.381 e. The van der Waals surface area contributed by atoms with Crippen LogP contribution in [-0.2, 0) is 4.74 Å². The zero-order chi connectivity index (χ0) is 8.39. The fraction of sp³-hybridized carbons (Fsp3) is 0.571. The Hall–Kier alpha value is -1.23. The molecule has 0 saturated carbocycles. The van der Waals surface area contributed by atoms with Crippen LogP contribution in [0, 0.1) is 0 Å². The van der Waals surface area contributed by atoms with E-state index in [0.717, 1.165) is 13.0 Å². The van der Waals surface area contributed by atoms with Crippen molar-refractivity contribution in [1.82, 2.24) is 10.1 Å². The molecular formula is C7H8N2O3. The molecule has 12 heavy (non-hydrogen) atoms.